The van der Waals surface area contributed by atoms with E-state index in [1.165, 1.54) is 36.4 Å². The molecule has 2 aromatic carbocycles. The molecular formula is C18H14O6. The van der Waals surface area contributed by atoms with Crippen LogP contribution in [0.2, 0.25) is 0 Å². The third-order valence-corrected chi connectivity index (χ3v) is 3.51. The van der Waals surface area contributed by atoms with Gasteiger partial charge in [0.2, 0.25) is 11.6 Å². The molecule has 0 bridgehead atoms. The maximum atomic E-state index is 12.1. The number of benzene rings is 2. The summed E-state index contributed by atoms with van der Waals surface area (Å²) in [5.41, 5.74) is 0.416. The van der Waals surface area contributed by atoms with Gasteiger partial charge in [-0.1, -0.05) is 36.4 Å². The number of rotatable bonds is 7. The van der Waals surface area contributed by atoms with E-state index in [-0.39, 0.29) is 35.1 Å². The molecule has 0 heterocycles. The summed E-state index contributed by atoms with van der Waals surface area (Å²) in [7, 11) is 0. The van der Waals surface area contributed by atoms with Gasteiger partial charge in [-0.2, -0.15) is 0 Å². The highest BCUT2D eigenvalue weighted by Gasteiger charge is 2.20. The van der Waals surface area contributed by atoms with Crippen LogP contribution in [0, 0.1) is 0 Å². The molecule has 2 aromatic rings. The van der Waals surface area contributed by atoms with Crippen molar-refractivity contribution in [3.63, 3.8) is 0 Å². The molecule has 6 nitrogen and oxygen atoms in total. The van der Waals surface area contributed by atoms with Crippen LogP contribution in [0.15, 0.2) is 48.5 Å². The van der Waals surface area contributed by atoms with Crippen LogP contribution >= 0.6 is 0 Å². The van der Waals surface area contributed by atoms with Gasteiger partial charge in [0.25, 0.3) is 0 Å². The van der Waals surface area contributed by atoms with E-state index >= 15 is 0 Å². The van der Waals surface area contributed by atoms with Gasteiger partial charge >= 0.3 is 11.9 Å². The lowest BCUT2D eigenvalue weighted by atomic mass is 9.96. The van der Waals surface area contributed by atoms with E-state index in [0.29, 0.717) is 0 Å². The van der Waals surface area contributed by atoms with Crippen molar-refractivity contribution in [1.82, 2.24) is 0 Å². The summed E-state index contributed by atoms with van der Waals surface area (Å²) < 4.78 is 0. The Hall–Kier alpha value is -3.28. The van der Waals surface area contributed by atoms with Crippen molar-refractivity contribution in [2.45, 2.75) is 12.8 Å². The predicted molar refractivity (Wildman–Crippen MR) is 84.2 cm³/mol. The number of carbonyl (C=O) groups excluding carboxylic acids is 2. The molecule has 0 aromatic heterocycles. The van der Waals surface area contributed by atoms with Crippen molar-refractivity contribution in [1.29, 1.82) is 0 Å². The van der Waals surface area contributed by atoms with Gasteiger partial charge in [0.05, 0.1) is 11.1 Å². The van der Waals surface area contributed by atoms with E-state index in [0.717, 1.165) is 0 Å². The van der Waals surface area contributed by atoms with Gasteiger partial charge in [0.15, 0.2) is 0 Å². The largest absolute Gasteiger partial charge is 0.478 e. The topological polar surface area (TPSA) is 109 Å². The molecule has 0 fully saturated rings. The van der Waals surface area contributed by atoms with Crippen LogP contribution in [-0.4, -0.2) is 33.7 Å². The lowest BCUT2D eigenvalue weighted by molar-refractivity contribution is -0.135. The van der Waals surface area contributed by atoms with Crippen LogP contribution in [0.3, 0.4) is 0 Å². The summed E-state index contributed by atoms with van der Waals surface area (Å²) in [6.45, 7) is 0. The Morgan fingerprint density at radius 3 is 1.29 bits per heavy atom. The molecule has 0 spiro atoms. The summed E-state index contributed by atoms with van der Waals surface area (Å²) in [6.07, 6.45) is -0.674. The normalized spacial score (nSPS) is 10.2. The van der Waals surface area contributed by atoms with E-state index in [1.807, 2.05) is 0 Å². The quantitative estimate of drug-likeness (QED) is 0.753. The molecule has 0 amide bonds. The first-order chi connectivity index (χ1) is 11.4. The van der Waals surface area contributed by atoms with Gasteiger partial charge in [-0.05, 0) is 23.3 Å². The Balaban J connectivity index is 2.16. The van der Waals surface area contributed by atoms with Crippen molar-refractivity contribution in [2.24, 2.45) is 0 Å². The highest BCUT2D eigenvalue weighted by atomic mass is 16.4. The molecule has 6 heteroatoms. The van der Waals surface area contributed by atoms with Crippen LogP contribution in [0.25, 0.3) is 0 Å². The van der Waals surface area contributed by atoms with Crippen LogP contribution in [0.1, 0.15) is 31.8 Å². The van der Waals surface area contributed by atoms with Gasteiger partial charge < -0.3 is 10.2 Å². The molecule has 122 valence electrons. The number of carbonyl (C=O) groups is 4. The molecular weight excluding hydrogens is 312 g/mol. The Kier molecular flexibility index (Phi) is 5.21. The molecule has 0 saturated carbocycles. The Morgan fingerprint density at radius 1 is 0.625 bits per heavy atom. The van der Waals surface area contributed by atoms with Crippen LogP contribution in [0.4, 0.5) is 0 Å². The Bertz CT molecular complexity index is 752. The molecule has 0 radical (unpaired) electrons. The fourth-order valence-corrected chi connectivity index (χ4v) is 2.31. The first-order valence-corrected chi connectivity index (χ1v) is 7.08. The summed E-state index contributed by atoms with van der Waals surface area (Å²) in [4.78, 5) is 46.4. The van der Waals surface area contributed by atoms with Crippen LogP contribution < -0.4 is 0 Å². The minimum absolute atomic E-state index is 0.0374. The standard InChI is InChI=1S/C18H14O6/c19-15(9-11-5-1-3-7-13(11)17(21)22)16(20)10-12-6-2-4-8-14(12)18(23)24/h1-8H,9-10H2,(H,21,22)(H,23,24). The SMILES string of the molecule is O=C(Cc1ccccc1C(=O)O)C(=O)Cc1ccccc1C(=O)O. The van der Waals surface area contributed by atoms with Crippen molar-refractivity contribution in [3.8, 4) is 0 Å². The lowest BCUT2D eigenvalue weighted by Gasteiger charge is -2.06. The third-order valence-electron chi connectivity index (χ3n) is 3.51. The first-order valence-electron chi connectivity index (χ1n) is 7.08. The maximum absolute atomic E-state index is 12.1. The van der Waals surface area contributed by atoms with Gasteiger partial charge in [0, 0.05) is 12.8 Å². The summed E-state index contributed by atoms with van der Waals surface area (Å²) >= 11 is 0. The Morgan fingerprint density at radius 2 is 0.958 bits per heavy atom. The molecule has 0 aliphatic heterocycles. The molecule has 2 rings (SSSR count). The van der Waals surface area contributed by atoms with Gasteiger partial charge in [0.1, 0.15) is 0 Å². The number of hydrogen-bond donors (Lipinski definition) is 2. The van der Waals surface area contributed by atoms with Gasteiger partial charge in [-0.25, -0.2) is 9.59 Å². The molecule has 0 unspecified atom stereocenters. The average Bonchev–Trinajstić information content (AvgIpc) is 2.55. The predicted octanol–water partition coefficient (Wildman–Crippen LogP) is 2.01. The zero-order valence-corrected chi connectivity index (χ0v) is 12.6. The second-order valence-electron chi connectivity index (χ2n) is 5.12. The summed E-state index contributed by atoms with van der Waals surface area (Å²) in [6, 6.07) is 11.9. The molecule has 0 atom stereocenters. The first kappa shape index (κ1) is 17.1. The second-order valence-corrected chi connectivity index (χ2v) is 5.12. The Labute approximate surface area is 137 Å². The zero-order chi connectivity index (χ0) is 17.7. The number of hydrogen-bond acceptors (Lipinski definition) is 4. The molecule has 0 aliphatic rings. The monoisotopic (exact) mass is 326 g/mol. The maximum Gasteiger partial charge on any atom is 0.335 e. The fraction of sp³-hybridized carbons (Fsp3) is 0.111. The van der Waals surface area contributed by atoms with E-state index in [9.17, 15) is 19.2 Å². The number of carboxylic acids is 2. The molecule has 2 N–H and O–H groups in total. The molecule has 0 aliphatic carbocycles. The van der Waals surface area contributed by atoms with Crippen molar-refractivity contribution in [3.05, 3.63) is 70.8 Å². The third kappa shape index (κ3) is 3.92. The van der Waals surface area contributed by atoms with E-state index in [1.54, 1.807) is 12.1 Å². The van der Waals surface area contributed by atoms with E-state index < -0.39 is 23.5 Å². The minimum atomic E-state index is -1.18. The zero-order valence-electron chi connectivity index (χ0n) is 12.6. The highest BCUT2D eigenvalue weighted by Crippen LogP contribution is 2.13. The van der Waals surface area contributed by atoms with Gasteiger partial charge in [-0.3, -0.25) is 9.59 Å². The molecule has 24 heavy (non-hydrogen) atoms. The van der Waals surface area contributed by atoms with Crippen molar-refractivity contribution < 1.29 is 29.4 Å². The van der Waals surface area contributed by atoms with E-state index in [2.05, 4.69) is 0 Å². The fourth-order valence-electron chi connectivity index (χ4n) is 2.31. The van der Waals surface area contributed by atoms with Crippen molar-refractivity contribution >= 4 is 23.5 Å². The molecule has 0 saturated heterocycles. The highest BCUT2D eigenvalue weighted by molar-refractivity contribution is 6.38. The van der Waals surface area contributed by atoms with E-state index in [4.69, 9.17) is 10.2 Å². The number of Topliss-reactive ketones (excluding diaryl/α,β-unsaturated/α-hetero) is 2. The average molecular weight is 326 g/mol. The number of aromatic carboxylic acids is 2. The summed E-state index contributed by atoms with van der Waals surface area (Å²) in [5.74, 6) is -3.88. The minimum Gasteiger partial charge on any atom is -0.478 e. The van der Waals surface area contributed by atoms with Crippen molar-refractivity contribution in [2.75, 3.05) is 0 Å². The van der Waals surface area contributed by atoms with Gasteiger partial charge in [-0.15, -0.1) is 0 Å². The smallest absolute Gasteiger partial charge is 0.335 e. The lowest BCUT2D eigenvalue weighted by Crippen LogP contribution is -2.21. The number of carboxylic acid groups (broad SMARTS) is 2. The number of ketones is 2. The summed E-state index contributed by atoms with van der Waals surface area (Å²) in [5, 5.41) is 18.2. The van der Waals surface area contributed by atoms with Crippen LogP contribution in [0.5, 0.6) is 0 Å². The van der Waals surface area contributed by atoms with Crippen LogP contribution in [-0.2, 0) is 22.4 Å². The second kappa shape index (κ2) is 7.32.